The lowest BCUT2D eigenvalue weighted by Crippen LogP contribution is -2.42. The van der Waals surface area contributed by atoms with Gasteiger partial charge in [0, 0.05) is 31.7 Å². The fraction of sp³-hybridized carbons (Fsp3) is 0.304. The number of H-pyrrole nitrogens is 1. The summed E-state index contributed by atoms with van der Waals surface area (Å²) in [6.45, 7) is 5.53. The SMILES string of the molecule is COc1ccc(-c2[nH]n(-c3ccccc3)c(=O)c2C(C)=NN2CCN(C)CC2)cc1. The molecular weight excluding hydrogens is 378 g/mol. The number of rotatable bonds is 5. The Morgan fingerprint density at radius 1 is 1.00 bits per heavy atom. The Bertz CT molecular complexity index is 1080. The Balaban J connectivity index is 1.80. The molecule has 1 aromatic heterocycles. The molecule has 0 bridgehead atoms. The number of hydrogen-bond donors (Lipinski definition) is 1. The van der Waals surface area contributed by atoms with Gasteiger partial charge in [-0.1, -0.05) is 18.2 Å². The average molecular weight is 406 g/mol. The molecule has 7 heteroatoms. The van der Waals surface area contributed by atoms with Gasteiger partial charge in [-0.15, -0.1) is 0 Å². The molecule has 2 heterocycles. The summed E-state index contributed by atoms with van der Waals surface area (Å²) < 4.78 is 6.86. The van der Waals surface area contributed by atoms with Crippen LogP contribution < -0.4 is 10.3 Å². The van der Waals surface area contributed by atoms with E-state index >= 15 is 0 Å². The molecule has 4 rings (SSSR count). The quantitative estimate of drug-likeness (QED) is 0.663. The van der Waals surface area contributed by atoms with Gasteiger partial charge >= 0.3 is 0 Å². The first kappa shape index (κ1) is 20.0. The number of nitrogens with zero attached hydrogens (tertiary/aromatic N) is 4. The van der Waals surface area contributed by atoms with E-state index < -0.39 is 0 Å². The largest absolute Gasteiger partial charge is 0.497 e. The van der Waals surface area contributed by atoms with E-state index in [0.29, 0.717) is 11.3 Å². The third-order valence-corrected chi connectivity index (χ3v) is 5.42. The fourth-order valence-electron chi connectivity index (χ4n) is 3.66. The van der Waals surface area contributed by atoms with Crippen molar-refractivity contribution in [2.75, 3.05) is 40.3 Å². The van der Waals surface area contributed by atoms with Crippen molar-refractivity contribution < 1.29 is 4.74 Å². The Morgan fingerprint density at radius 2 is 1.67 bits per heavy atom. The summed E-state index contributed by atoms with van der Waals surface area (Å²) in [6, 6.07) is 17.3. The molecular formula is C23H27N5O2. The van der Waals surface area contributed by atoms with Gasteiger partial charge < -0.3 is 9.64 Å². The molecule has 1 saturated heterocycles. The van der Waals surface area contributed by atoms with Gasteiger partial charge in [-0.3, -0.25) is 14.9 Å². The van der Waals surface area contributed by atoms with E-state index in [9.17, 15) is 4.79 Å². The third-order valence-electron chi connectivity index (χ3n) is 5.42. The highest BCUT2D eigenvalue weighted by atomic mass is 16.5. The van der Waals surface area contributed by atoms with Crippen LogP contribution in [0, 0.1) is 0 Å². The van der Waals surface area contributed by atoms with Gasteiger partial charge in [0.2, 0.25) is 0 Å². The van der Waals surface area contributed by atoms with Gasteiger partial charge in [-0.2, -0.15) is 5.10 Å². The molecule has 156 valence electrons. The zero-order valence-electron chi connectivity index (χ0n) is 17.6. The number of para-hydroxylation sites is 1. The van der Waals surface area contributed by atoms with Crippen LogP contribution in [-0.4, -0.2) is 65.7 Å². The van der Waals surface area contributed by atoms with Crippen LogP contribution in [0.25, 0.3) is 16.9 Å². The number of hydrazone groups is 1. The second kappa shape index (κ2) is 8.59. The topological polar surface area (TPSA) is 65.9 Å². The predicted octanol–water partition coefficient (Wildman–Crippen LogP) is 2.81. The minimum absolute atomic E-state index is 0.109. The lowest BCUT2D eigenvalue weighted by molar-refractivity contribution is 0.159. The maximum absolute atomic E-state index is 13.4. The number of likely N-dealkylation sites (N-methyl/N-ethyl adjacent to an activating group) is 1. The van der Waals surface area contributed by atoms with E-state index in [1.165, 1.54) is 0 Å². The molecule has 30 heavy (non-hydrogen) atoms. The molecule has 1 fully saturated rings. The normalized spacial score (nSPS) is 15.4. The van der Waals surface area contributed by atoms with Gasteiger partial charge in [0.05, 0.1) is 29.8 Å². The van der Waals surface area contributed by atoms with Crippen molar-refractivity contribution in [1.29, 1.82) is 0 Å². The van der Waals surface area contributed by atoms with Crippen LogP contribution in [0.3, 0.4) is 0 Å². The van der Waals surface area contributed by atoms with Crippen LogP contribution >= 0.6 is 0 Å². The Hall–Kier alpha value is -3.32. The summed E-state index contributed by atoms with van der Waals surface area (Å²) in [6.07, 6.45) is 0. The summed E-state index contributed by atoms with van der Waals surface area (Å²) in [4.78, 5) is 15.7. The van der Waals surface area contributed by atoms with Gasteiger partial charge in [0.1, 0.15) is 5.75 Å². The van der Waals surface area contributed by atoms with Crippen molar-refractivity contribution >= 4 is 5.71 Å². The van der Waals surface area contributed by atoms with E-state index in [1.54, 1.807) is 11.8 Å². The molecule has 0 spiro atoms. The van der Waals surface area contributed by atoms with Crippen molar-refractivity contribution in [1.82, 2.24) is 19.7 Å². The molecule has 1 N–H and O–H groups in total. The minimum atomic E-state index is -0.109. The maximum Gasteiger partial charge on any atom is 0.281 e. The lowest BCUT2D eigenvalue weighted by Gasteiger charge is -2.30. The summed E-state index contributed by atoms with van der Waals surface area (Å²) in [5, 5.41) is 10.1. The number of ether oxygens (including phenoxy) is 1. The van der Waals surface area contributed by atoms with E-state index in [-0.39, 0.29) is 5.56 Å². The van der Waals surface area contributed by atoms with E-state index in [1.807, 2.05) is 66.5 Å². The molecule has 0 amide bonds. The van der Waals surface area contributed by atoms with Gasteiger partial charge in [0.25, 0.3) is 5.56 Å². The van der Waals surface area contributed by atoms with Crippen LogP contribution in [-0.2, 0) is 0 Å². The lowest BCUT2D eigenvalue weighted by atomic mass is 10.1. The zero-order chi connectivity index (χ0) is 21.1. The molecule has 0 radical (unpaired) electrons. The molecule has 7 nitrogen and oxygen atoms in total. The molecule has 1 aliphatic heterocycles. The fourth-order valence-corrected chi connectivity index (χ4v) is 3.66. The van der Waals surface area contributed by atoms with Crippen LogP contribution in [0.4, 0.5) is 0 Å². The van der Waals surface area contributed by atoms with Crippen molar-refractivity contribution in [3.05, 3.63) is 70.5 Å². The Morgan fingerprint density at radius 3 is 2.30 bits per heavy atom. The van der Waals surface area contributed by atoms with Crippen LogP contribution in [0.5, 0.6) is 5.75 Å². The van der Waals surface area contributed by atoms with Gasteiger partial charge in [-0.05, 0) is 50.4 Å². The standard InChI is InChI=1S/C23H27N5O2/c1-17(24-27-15-13-26(2)14-16-27)21-22(18-9-11-20(30-3)12-10-18)25-28(23(21)29)19-7-5-4-6-8-19/h4-12,25H,13-16H2,1-3H3. The van der Waals surface area contributed by atoms with Crippen molar-refractivity contribution in [2.24, 2.45) is 5.10 Å². The summed E-state index contributed by atoms with van der Waals surface area (Å²) in [5.74, 6) is 0.771. The van der Waals surface area contributed by atoms with Crippen LogP contribution in [0.1, 0.15) is 12.5 Å². The second-order valence-electron chi connectivity index (χ2n) is 7.51. The number of benzene rings is 2. The maximum atomic E-state index is 13.4. The number of aromatic nitrogens is 2. The predicted molar refractivity (Wildman–Crippen MR) is 120 cm³/mol. The van der Waals surface area contributed by atoms with Crippen LogP contribution in [0.2, 0.25) is 0 Å². The highest BCUT2D eigenvalue weighted by Crippen LogP contribution is 2.24. The van der Waals surface area contributed by atoms with Crippen molar-refractivity contribution in [2.45, 2.75) is 6.92 Å². The molecule has 0 saturated carbocycles. The smallest absolute Gasteiger partial charge is 0.281 e. The third kappa shape index (κ3) is 4.02. The van der Waals surface area contributed by atoms with Gasteiger partial charge in [0.15, 0.2) is 0 Å². The zero-order valence-corrected chi connectivity index (χ0v) is 17.6. The van der Waals surface area contributed by atoms with E-state index in [2.05, 4.69) is 17.0 Å². The Labute approximate surface area is 176 Å². The first-order valence-electron chi connectivity index (χ1n) is 10.1. The highest BCUT2D eigenvalue weighted by Gasteiger charge is 2.21. The van der Waals surface area contributed by atoms with E-state index in [0.717, 1.165) is 48.9 Å². The molecule has 3 aromatic rings. The molecule has 2 aromatic carbocycles. The summed E-state index contributed by atoms with van der Waals surface area (Å²) in [5.41, 5.74) is 3.63. The Kier molecular flexibility index (Phi) is 5.72. The monoisotopic (exact) mass is 405 g/mol. The molecule has 0 unspecified atom stereocenters. The highest BCUT2D eigenvalue weighted by molar-refractivity contribution is 6.03. The number of aromatic amines is 1. The average Bonchev–Trinajstić information content (AvgIpc) is 3.13. The van der Waals surface area contributed by atoms with E-state index in [4.69, 9.17) is 9.84 Å². The number of methoxy groups -OCH3 is 1. The van der Waals surface area contributed by atoms with Crippen molar-refractivity contribution in [3.63, 3.8) is 0 Å². The van der Waals surface area contributed by atoms with Crippen LogP contribution in [0.15, 0.2) is 64.5 Å². The second-order valence-corrected chi connectivity index (χ2v) is 7.51. The number of hydrogen-bond acceptors (Lipinski definition) is 5. The van der Waals surface area contributed by atoms with Crippen molar-refractivity contribution in [3.8, 4) is 22.7 Å². The minimum Gasteiger partial charge on any atom is -0.497 e. The summed E-state index contributed by atoms with van der Waals surface area (Å²) >= 11 is 0. The van der Waals surface area contributed by atoms with Gasteiger partial charge in [-0.25, -0.2) is 4.68 Å². The first-order valence-corrected chi connectivity index (χ1v) is 10.1. The first-order chi connectivity index (χ1) is 14.6. The molecule has 1 aliphatic rings. The molecule has 0 atom stereocenters. The number of piperazine rings is 1. The number of nitrogens with one attached hydrogen (secondary N) is 1. The molecule has 0 aliphatic carbocycles. The summed E-state index contributed by atoms with van der Waals surface area (Å²) in [7, 11) is 3.75.